The van der Waals surface area contributed by atoms with Crippen LogP contribution in [-0.2, 0) is 0 Å². The summed E-state index contributed by atoms with van der Waals surface area (Å²) in [5.41, 5.74) is 5.47. The molecule has 2 unspecified atom stereocenters. The van der Waals surface area contributed by atoms with E-state index >= 15 is 0 Å². The van der Waals surface area contributed by atoms with Crippen LogP contribution in [0.5, 0.6) is 0 Å². The molecule has 100 valence electrons. The van der Waals surface area contributed by atoms with Crippen LogP contribution < -0.4 is 5.73 Å². The number of piperidine rings is 1. The fourth-order valence-electron chi connectivity index (χ4n) is 2.65. The van der Waals surface area contributed by atoms with Gasteiger partial charge in [-0.2, -0.15) is 0 Å². The monoisotopic (exact) mass is 239 g/mol. The molecule has 0 bridgehead atoms. The Hall–Kier alpha value is -0.570. The van der Waals surface area contributed by atoms with Crippen molar-refractivity contribution in [2.75, 3.05) is 13.1 Å². The fraction of sp³-hybridized carbons (Fsp3) is 0.929. The van der Waals surface area contributed by atoms with Gasteiger partial charge in [0.05, 0.1) is 5.84 Å². The summed E-state index contributed by atoms with van der Waals surface area (Å²) in [6.07, 6.45) is 4.82. The van der Waals surface area contributed by atoms with Gasteiger partial charge in [-0.05, 0) is 51.6 Å². The topological polar surface area (TPSA) is 53.1 Å². The lowest BCUT2D eigenvalue weighted by Gasteiger charge is -2.37. The first kappa shape index (κ1) is 14.5. The molecule has 1 fully saturated rings. The second-order valence-electron chi connectivity index (χ2n) is 6.42. The fourth-order valence-corrected chi connectivity index (χ4v) is 2.65. The van der Waals surface area contributed by atoms with Crippen molar-refractivity contribution < 1.29 is 0 Å². The van der Waals surface area contributed by atoms with E-state index in [4.69, 9.17) is 11.1 Å². The smallest absolute Gasteiger partial charge is 0.0963 e. The minimum atomic E-state index is -0.133. The summed E-state index contributed by atoms with van der Waals surface area (Å²) < 4.78 is 0. The summed E-state index contributed by atoms with van der Waals surface area (Å²) in [5, 5.41) is 7.55. The molecule has 0 radical (unpaired) electrons. The van der Waals surface area contributed by atoms with Crippen molar-refractivity contribution in [2.45, 2.75) is 59.4 Å². The Bertz CT molecular complexity index is 260. The lowest BCUT2D eigenvalue weighted by molar-refractivity contribution is 0.125. The third kappa shape index (κ3) is 4.30. The second-order valence-corrected chi connectivity index (χ2v) is 6.42. The van der Waals surface area contributed by atoms with E-state index in [0.29, 0.717) is 5.84 Å². The largest absolute Gasteiger partial charge is 0.387 e. The van der Waals surface area contributed by atoms with Gasteiger partial charge in [-0.3, -0.25) is 5.41 Å². The molecule has 0 aromatic carbocycles. The SMILES string of the molecule is CC1CCN(CCCC(C)(C)C(=N)N)C(C)C1. The molecule has 1 aliphatic rings. The molecule has 2 atom stereocenters. The Morgan fingerprint density at radius 2 is 2.06 bits per heavy atom. The lowest BCUT2D eigenvalue weighted by atomic mass is 9.86. The van der Waals surface area contributed by atoms with E-state index in [-0.39, 0.29) is 5.41 Å². The van der Waals surface area contributed by atoms with Crippen LogP contribution in [0.25, 0.3) is 0 Å². The predicted molar refractivity (Wildman–Crippen MR) is 74.4 cm³/mol. The van der Waals surface area contributed by atoms with Gasteiger partial charge in [0.25, 0.3) is 0 Å². The highest BCUT2D eigenvalue weighted by molar-refractivity contribution is 5.82. The van der Waals surface area contributed by atoms with Crippen LogP contribution in [0.3, 0.4) is 0 Å². The number of nitrogens with two attached hydrogens (primary N) is 1. The van der Waals surface area contributed by atoms with Gasteiger partial charge < -0.3 is 10.6 Å². The van der Waals surface area contributed by atoms with E-state index in [0.717, 1.165) is 31.3 Å². The molecule has 0 aromatic heterocycles. The summed E-state index contributed by atoms with van der Waals surface area (Å²) >= 11 is 0. The number of nitrogens with one attached hydrogen (secondary N) is 1. The highest BCUT2D eigenvalue weighted by Gasteiger charge is 2.24. The molecule has 3 nitrogen and oxygen atoms in total. The first-order valence-corrected chi connectivity index (χ1v) is 6.91. The van der Waals surface area contributed by atoms with E-state index < -0.39 is 0 Å². The summed E-state index contributed by atoms with van der Waals surface area (Å²) in [7, 11) is 0. The molecule has 1 rings (SSSR count). The average Bonchev–Trinajstić information content (AvgIpc) is 2.21. The van der Waals surface area contributed by atoms with Crippen LogP contribution in [0, 0.1) is 16.7 Å². The Balaban J connectivity index is 2.29. The van der Waals surface area contributed by atoms with Crippen molar-refractivity contribution in [1.29, 1.82) is 5.41 Å². The molecule has 1 saturated heterocycles. The van der Waals surface area contributed by atoms with Crippen LogP contribution in [0.4, 0.5) is 0 Å². The second kappa shape index (κ2) is 5.85. The Morgan fingerprint density at radius 1 is 1.41 bits per heavy atom. The van der Waals surface area contributed by atoms with E-state index in [2.05, 4.69) is 32.6 Å². The number of nitrogens with zero attached hydrogens (tertiary/aromatic N) is 1. The molecule has 0 aromatic rings. The lowest BCUT2D eigenvalue weighted by Crippen LogP contribution is -2.41. The third-order valence-electron chi connectivity index (χ3n) is 4.25. The summed E-state index contributed by atoms with van der Waals surface area (Å²) in [6.45, 7) is 11.2. The minimum Gasteiger partial charge on any atom is -0.387 e. The zero-order chi connectivity index (χ0) is 13.1. The first-order chi connectivity index (χ1) is 7.83. The van der Waals surface area contributed by atoms with Crippen molar-refractivity contribution in [1.82, 2.24) is 4.90 Å². The van der Waals surface area contributed by atoms with Gasteiger partial charge in [-0.25, -0.2) is 0 Å². The number of likely N-dealkylation sites (tertiary alicyclic amines) is 1. The third-order valence-corrected chi connectivity index (χ3v) is 4.25. The molecule has 0 amide bonds. The maximum Gasteiger partial charge on any atom is 0.0963 e. The maximum atomic E-state index is 7.55. The van der Waals surface area contributed by atoms with E-state index in [1.54, 1.807) is 0 Å². The van der Waals surface area contributed by atoms with Crippen molar-refractivity contribution in [3.63, 3.8) is 0 Å². The highest BCUT2D eigenvalue weighted by atomic mass is 15.2. The molecule has 0 spiro atoms. The minimum absolute atomic E-state index is 0.133. The van der Waals surface area contributed by atoms with Crippen LogP contribution >= 0.6 is 0 Å². The molecular weight excluding hydrogens is 210 g/mol. The van der Waals surface area contributed by atoms with Crippen LogP contribution in [0.1, 0.15) is 53.4 Å². The van der Waals surface area contributed by atoms with Gasteiger partial charge >= 0.3 is 0 Å². The normalized spacial score (nSPS) is 27.1. The van der Waals surface area contributed by atoms with Crippen molar-refractivity contribution in [3.05, 3.63) is 0 Å². The molecule has 0 saturated carbocycles. The Kier molecular flexibility index (Phi) is 4.99. The van der Waals surface area contributed by atoms with Crippen molar-refractivity contribution >= 4 is 5.84 Å². The zero-order valence-electron chi connectivity index (χ0n) is 11.9. The molecule has 1 aliphatic heterocycles. The van der Waals surface area contributed by atoms with Gasteiger partial charge in [0.2, 0.25) is 0 Å². The number of rotatable bonds is 5. The van der Waals surface area contributed by atoms with Gasteiger partial charge in [0.15, 0.2) is 0 Å². The van der Waals surface area contributed by atoms with Crippen LogP contribution in [0.2, 0.25) is 0 Å². The molecule has 3 N–H and O–H groups in total. The quantitative estimate of drug-likeness (QED) is 0.572. The van der Waals surface area contributed by atoms with Gasteiger partial charge in [0.1, 0.15) is 0 Å². The summed E-state index contributed by atoms with van der Waals surface area (Å²) in [6, 6.07) is 0.721. The standard InChI is InChI=1S/C14H29N3/c1-11-6-9-17(12(2)10-11)8-5-7-14(3,4)13(15)16/h11-12H,5-10H2,1-4H3,(H3,15,16). The number of hydrogen-bond donors (Lipinski definition) is 2. The first-order valence-electron chi connectivity index (χ1n) is 6.91. The van der Waals surface area contributed by atoms with Crippen LogP contribution in [0.15, 0.2) is 0 Å². The highest BCUT2D eigenvalue weighted by Crippen LogP contribution is 2.25. The van der Waals surface area contributed by atoms with Gasteiger partial charge in [-0.15, -0.1) is 0 Å². The molecular formula is C14H29N3. The maximum absolute atomic E-state index is 7.55. The van der Waals surface area contributed by atoms with E-state index in [1.807, 2.05) is 0 Å². The zero-order valence-corrected chi connectivity index (χ0v) is 11.9. The van der Waals surface area contributed by atoms with Crippen LogP contribution in [-0.4, -0.2) is 29.9 Å². The van der Waals surface area contributed by atoms with E-state index in [9.17, 15) is 0 Å². The Morgan fingerprint density at radius 3 is 2.59 bits per heavy atom. The van der Waals surface area contributed by atoms with E-state index in [1.165, 1.54) is 19.4 Å². The number of amidine groups is 1. The molecule has 3 heteroatoms. The summed E-state index contributed by atoms with van der Waals surface area (Å²) in [5.74, 6) is 1.20. The summed E-state index contributed by atoms with van der Waals surface area (Å²) in [4.78, 5) is 2.59. The van der Waals surface area contributed by atoms with Gasteiger partial charge in [0, 0.05) is 11.5 Å². The van der Waals surface area contributed by atoms with Crippen molar-refractivity contribution in [2.24, 2.45) is 17.1 Å². The molecule has 17 heavy (non-hydrogen) atoms. The molecule has 1 heterocycles. The van der Waals surface area contributed by atoms with Crippen molar-refractivity contribution in [3.8, 4) is 0 Å². The number of hydrogen-bond acceptors (Lipinski definition) is 2. The van der Waals surface area contributed by atoms with Gasteiger partial charge in [-0.1, -0.05) is 20.8 Å². The Labute approximate surface area is 106 Å². The molecule has 0 aliphatic carbocycles. The predicted octanol–water partition coefficient (Wildman–Crippen LogP) is 2.85. The average molecular weight is 239 g/mol.